The van der Waals surface area contributed by atoms with E-state index in [0.29, 0.717) is 12.8 Å². The molecule has 0 amide bonds. The summed E-state index contributed by atoms with van der Waals surface area (Å²) in [6, 6.07) is -0.858. The molecule has 0 aromatic heterocycles. The Balaban J connectivity index is 1.97. The number of ether oxygens (including phenoxy) is 8. The number of cyclic esters (lactones) is 1. The summed E-state index contributed by atoms with van der Waals surface area (Å²) in [6.07, 6.45) is -5.03. The lowest BCUT2D eigenvalue weighted by atomic mass is 9.81. The number of nitrogens with zero attached hydrogens (tertiary/aromatic N) is 1. The molecule has 0 spiro atoms. The lowest BCUT2D eigenvalue weighted by Gasteiger charge is -2.50. The second-order valence-electron chi connectivity index (χ2n) is 16.9. The highest BCUT2D eigenvalue weighted by Crippen LogP contribution is 2.38. The lowest BCUT2D eigenvalue weighted by molar-refractivity contribution is -0.344. The third kappa shape index (κ3) is 13.8. The molecule has 16 atom stereocenters. The fourth-order valence-corrected chi connectivity index (χ4v) is 8.36. The van der Waals surface area contributed by atoms with E-state index in [0.717, 1.165) is 6.29 Å². The molecular weight excluding hydrogens is 744 g/mol. The van der Waals surface area contributed by atoms with E-state index in [2.05, 4.69) is 5.32 Å². The van der Waals surface area contributed by atoms with Crippen molar-refractivity contribution < 1.29 is 67.3 Å². The van der Waals surface area contributed by atoms with Gasteiger partial charge in [-0.3, -0.25) is 14.4 Å². The number of rotatable bonds is 13. The van der Waals surface area contributed by atoms with Gasteiger partial charge in [-0.15, -0.1) is 0 Å². The zero-order valence-corrected chi connectivity index (χ0v) is 36.0. The van der Waals surface area contributed by atoms with Crippen molar-refractivity contribution in [1.29, 1.82) is 0 Å². The largest absolute Gasteiger partial charge is 0.462 e. The summed E-state index contributed by atoms with van der Waals surface area (Å²) >= 11 is 0. The van der Waals surface area contributed by atoms with Crippen LogP contribution in [0.3, 0.4) is 0 Å². The second-order valence-corrected chi connectivity index (χ2v) is 16.9. The van der Waals surface area contributed by atoms with Gasteiger partial charge in [-0.1, -0.05) is 32.9 Å². The smallest absolute Gasteiger partial charge is 0.309 e. The predicted molar refractivity (Wildman–Crippen MR) is 208 cm³/mol. The van der Waals surface area contributed by atoms with Gasteiger partial charge in [0.15, 0.2) is 18.7 Å². The molecule has 1 unspecified atom stereocenters. The highest BCUT2D eigenvalue weighted by atomic mass is 16.7. The summed E-state index contributed by atoms with van der Waals surface area (Å²) in [5, 5.41) is 26.9. The van der Waals surface area contributed by atoms with Crippen LogP contribution in [-0.4, -0.2) is 153 Å². The minimum absolute atomic E-state index is 0.0232. The van der Waals surface area contributed by atoms with Gasteiger partial charge < -0.3 is 63.1 Å². The van der Waals surface area contributed by atoms with Gasteiger partial charge in [-0.05, 0) is 73.0 Å². The summed E-state index contributed by atoms with van der Waals surface area (Å²) in [6.45, 7) is 13.9. The number of nitrogens with one attached hydrogen (secondary N) is 1. The number of methoxy groups -OCH3 is 1. The number of esters is 3. The van der Waals surface area contributed by atoms with Crippen molar-refractivity contribution in [2.24, 2.45) is 17.8 Å². The first-order valence-corrected chi connectivity index (χ1v) is 20.3. The molecule has 0 aromatic rings. The Morgan fingerprint density at radius 2 is 1.75 bits per heavy atom. The van der Waals surface area contributed by atoms with Crippen molar-refractivity contribution in [3.8, 4) is 0 Å². The van der Waals surface area contributed by atoms with Crippen molar-refractivity contribution >= 4 is 24.2 Å². The molecule has 0 aromatic carbocycles. The molecule has 328 valence electrons. The summed E-state index contributed by atoms with van der Waals surface area (Å²) in [7, 11) is 6.78. The molecular formula is C41H70N2O14. The van der Waals surface area contributed by atoms with E-state index in [-0.39, 0.29) is 43.6 Å². The molecule has 3 rings (SSSR count). The Morgan fingerprint density at radius 1 is 1.07 bits per heavy atom. The SMILES string of the molecule is CN[C@H]1/C=C/C[C@@H](C)OC(=O)C[C@@H](OC(C)=O)[C@H](OC)[C@@H](O[C@@H]2O[C@H](C)C(O[C@H]3C[C@@](C)(O)[C@@H](OC(=O)CC(C)C)[C@H](C)O3)[C@H](N(C)C)[C@H]2O)[C@@H](CC=O)C[C@H]1C. The quantitative estimate of drug-likeness (QED) is 0.106. The molecule has 16 nitrogen and oxygen atoms in total. The zero-order chi connectivity index (χ0) is 42.8. The third-order valence-corrected chi connectivity index (χ3v) is 11.1. The molecule has 0 saturated carbocycles. The van der Waals surface area contributed by atoms with E-state index in [1.807, 2.05) is 40.0 Å². The van der Waals surface area contributed by atoms with Crippen LogP contribution in [0, 0.1) is 17.8 Å². The topological polar surface area (TPSA) is 198 Å². The van der Waals surface area contributed by atoms with E-state index in [1.165, 1.54) is 14.0 Å². The molecule has 3 aliphatic rings. The molecule has 0 bridgehead atoms. The fraction of sp³-hybridized carbons (Fsp3) is 0.854. The number of likely N-dealkylation sites (N-methyl/N-ethyl adjacent to an activating group) is 2. The molecule has 0 radical (unpaired) electrons. The first kappa shape index (κ1) is 48.8. The van der Waals surface area contributed by atoms with Gasteiger partial charge in [0.25, 0.3) is 0 Å². The molecule has 2 saturated heterocycles. The number of aliphatic hydroxyl groups excluding tert-OH is 1. The van der Waals surface area contributed by atoms with Crippen molar-refractivity contribution in [2.75, 3.05) is 28.3 Å². The average molecular weight is 815 g/mol. The van der Waals surface area contributed by atoms with Crippen LogP contribution < -0.4 is 5.32 Å². The van der Waals surface area contributed by atoms with Gasteiger partial charge >= 0.3 is 17.9 Å². The predicted octanol–water partition coefficient (Wildman–Crippen LogP) is 2.68. The zero-order valence-electron chi connectivity index (χ0n) is 36.0. The van der Waals surface area contributed by atoms with Gasteiger partial charge in [0.2, 0.25) is 0 Å². The first-order chi connectivity index (χ1) is 26.7. The fourth-order valence-electron chi connectivity index (χ4n) is 8.36. The summed E-state index contributed by atoms with van der Waals surface area (Å²) in [4.78, 5) is 52.3. The van der Waals surface area contributed by atoms with E-state index in [4.69, 9.17) is 37.9 Å². The monoisotopic (exact) mass is 814 g/mol. The van der Waals surface area contributed by atoms with E-state index >= 15 is 0 Å². The number of hydrogen-bond donors (Lipinski definition) is 3. The minimum Gasteiger partial charge on any atom is -0.462 e. The van der Waals surface area contributed by atoms with E-state index < -0.39 is 103 Å². The summed E-state index contributed by atoms with van der Waals surface area (Å²) < 4.78 is 48.8. The maximum absolute atomic E-state index is 13.2. The third-order valence-electron chi connectivity index (χ3n) is 11.1. The standard InChI is InChI=1S/C41H70N2O14/c1-22(2)18-31(46)55-39-26(6)52-33(21-41(39,8)49)56-36-25(5)53-40(35(48)34(36)43(10)11)57-37-28(16-17-44)19-23(3)29(42-9)15-13-14-24(4)51-32(47)20-30(38(37)50-12)54-27(7)45/h13,15,17,22-26,28-30,33-40,42,48-49H,14,16,18-21H2,1-12H3/b15-13+/t23-,24-,25-,26+,28+,29+,30-,33+,34-,35-,36?,37+,38+,39+,40+,41-/m1/s1. The average Bonchev–Trinajstić information content (AvgIpc) is 3.08. The number of aldehydes is 1. The summed E-state index contributed by atoms with van der Waals surface area (Å²) in [5.74, 6) is -2.21. The highest BCUT2D eigenvalue weighted by Gasteiger charge is 2.53. The minimum atomic E-state index is -1.48. The normalized spacial score (nSPS) is 40.5. The second kappa shape index (κ2) is 22.2. The number of carbonyl (C=O) groups is 4. The van der Waals surface area contributed by atoms with E-state index in [9.17, 15) is 29.4 Å². The molecule has 3 heterocycles. The van der Waals surface area contributed by atoms with Gasteiger partial charge in [-0.2, -0.15) is 0 Å². The number of carbonyl (C=O) groups excluding carboxylic acids is 4. The van der Waals surface area contributed by atoms with Crippen molar-refractivity contribution in [1.82, 2.24) is 10.2 Å². The number of hydrogen-bond acceptors (Lipinski definition) is 16. The van der Waals surface area contributed by atoms with Crippen LogP contribution in [0.25, 0.3) is 0 Å². The van der Waals surface area contributed by atoms with E-state index in [1.54, 1.807) is 46.7 Å². The Kier molecular flexibility index (Phi) is 19.0. The Morgan fingerprint density at radius 3 is 2.32 bits per heavy atom. The Labute approximate surface area is 338 Å². The Bertz CT molecular complexity index is 1330. The van der Waals surface area contributed by atoms with Crippen LogP contribution in [0.1, 0.15) is 93.9 Å². The highest BCUT2D eigenvalue weighted by molar-refractivity contribution is 5.72. The molecule has 3 aliphatic heterocycles. The van der Waals surface area contributed by atoms with Crippen LogP contribution in [0.5, 0.6) is 0 Å². The van der Waals surface area contributed by atoms with Gasteiger partial charge in [0.1, 0.15) is 42.4 Å². The number of aliphatic hydroxyl groups is 2. The van der Waals surface area contributed by atoms with Crippen molar-refractivity contribution in [3.63, 3.8) is 0 Å². The molecule has 57 heavy (non-hydrogen) atoms. The first-order valence-electron chi connectivity index (χ1n) is 20.3. The van der Waals surface area contributed by atoms with Gasteiger partial charge in [0, 0.05) is 45.8 Å². The summed E-state index contributed by atoms with van der Waals surface area (Å²) in [5.41, 5.74) is -1.48. The Hall–Kier alpha value is -2.54. The van der Waals surface area contributed by atoms with Crippen LogP contribution in [0.15, 0.2) is 12.2 Å². The van der Waals surface area contributed by atoms with Crippen molar-refractivity contribution in [2.45, 2.75) is 179 Å². The lowest BCUT2D eigenvalue weighted by Crippen LogP contribution is -2.66. The van der Waals surface area contributed by atoms with Crippen LogP contribution in [-0.2, 0) is 57.1 Å². The van der Waals surface area contributed by atoms with Crippen LogP contribution in [0.2, 0.25) is 0 Å². The van der Waals surface area contributed by atoms with Crippen LogP contribution >= 0.6 is 0 Å². The maximum atomic E-state index is 13.2. The molecule has 16 heteroatoms. The van der Waals surface area contributed by atoms with Gasteiger partial charge in [-0.25, -0.2) is 0 Å². The maximum Gasteiger partial charge on any atom is 0.309 e. The van der Waals surface area contributed by atoms with Gasteiger partial charge in [0.05, 0.1) is 30.8 Å². The van der Waals surface area contributed by atoms with Crippen LogP contribution in [0.4, 0.5) is 0 Å². The molecule has 0 aliphatic carbocycles. The van der Waals surface area contributed by atoms with Crippen molar-refractivity contribution in [3.05, 3.63) is 12.2 Å². The molecule has 2 fully saturated rings. The molecule has 3 N–H and O–H groups in total.